The van der Waals surface area contributed by atoms with Crippen LogP contribution in [0.2, 0.25) is 0 Å². The van der Waals surface area contributed by atoms with Crippen LogP contribution in [0.15, 0.2) is 60.7 Å². The number of hydrogen-bond acceptors (Lipinski definition) is 4. The van der Waals surface area contributed by atoms with Crippen LogP contribution >= 0.6 is 22.7 Å². The molecule has 2 heterocycles. The van der Waals surface area contributed by atoms with Crippen LogP contribution in [-0.2, 0) is 0 Å². The van der Waals surface area contributed by atoms with Gasteiger partial charge in [0.25, 0.3) is 0 Å². The topological polar surface area (TPSA) is 25.8 Å². The molecule has 0 amide bonds. The predicted molar refractivity (Wildman–Crippen MR) is 106 cm³/mol. The number of fused-ring (bicyclic) bond motifs is 1. The molecule has 2 aromatic carbocycles. The van der Waals surface area contributed by atoms with Gasteiger partial charge in [-0.1, -0.05) is 95.5 Å². The molecule has 2 nitrogen and oxygen atoms in total. The molecule has 2 aromatic heterocycles. The lowest BCUT2D eigenvalue weighted by Gasteiger charge is -1.90. The van der Waals surface area contributed by atoms with E-state index in [0.29, 0.717) is 0 Å². The maximum absolute atomic E-state index is 4.66. The summed E-state index contributed by atoms with van der Waals surface area (Å²) in [5.74, 6) is 0. The lowest BCUT2D eigenvalue weighted by atomic mass is 10.2. The normalized spacial score (nSPS) is 11.8. The minimum atomic E-state index is 0.992. The fourth-order valence-electron chi connectivity index (χ4n) is 2.28. The SMILES string of the molecule is C(=C\c1nc2sc(/C=C/c3ccccc3)nc2s1)/c1ccccc1. The Morgan fingerprint density at radius 1 is 0.542 bits per heavy atom. The zero-order valence-electron chi connectivity index (χ0n) is 12.8. The van der Waals surface area contributed by atoms with Crippen LogP contribution in [0.3, 0.4) is 0 Å². The van der Waals surface area contributed by atoms with E-state index < -0.39 is 0 Å². The van der Waals surface area contributed by atoms with Crippen LogP contribution < -0.4 is 0 Å². The fourth-order valence-corrected chi connectivity index (χ4v) is 4.14. The van der Waals surface area contributed by atoms with Gasteiger partial charge in [-0.15, -0.1) is 0 Å². The first-order valence-corrected chi connectivity index (χ1v) is 9.24. The molecule has 24 heavy (non-hydrogen) atoms. The monoisotopic (exact) mass is 346 g/mol. The summed E-state index contributed by atoms with van der Waals surface area (Å²) in [7, 11) is 0. The van der Waals surface area contributed by atoms with Gasteiger partial charge in [0, 0.05) is 0 Å². The fraction of sp³-hybridized carbons (Fsp3) is 0. The second-order valence-electron chi connectivity index (χ2n) is 5.20. The summed E-state index contributed by atoms with van der Waals surface area (Å²) >= 11 is 3.25. The lowest BCUT2D eigenvalue weighted by Crippen LogP contribution is -1.70. The Hall–Kier alpha value is -2.56. The summed E-state index contributed by atoms with van der Waals surface area (Å²) in [6.07, 6.45) is 8.26. The summed E-state index contributed by atoms with van der Waals surface area (Å²) in [6, 6.07) is 20.5. The van der Waals surface area contributed by atoms with Gasteiger partial charge in [-0.05, 0) is 23.3 Å². The Kier molecular flexibility index (Phi) is 4.32. The minimum absolute atomic E-state index is 0.992. The van der Waals surface area contributed by atoms with E-state index in [2.05, 4.69) is 46.4 Å². The van der Waals surface area contributed by atoms with Gasteiger partial charge in [-0.3, -0.25) is 0 Å². The molecule has 0 spiro atoms. The lowest BCUT2D eigenvalue weighted by molar-refractivity contribution is 1.47. The van der Waals surface area contributed by atoms with Crippen molar-refractivity contribution in [3.63, 3.8) is 0 Å². The van der Waals surface area contributed by atoms with Crippen molar-refractivity contribution in [2.45, 2.75) is 0 Å². The first kappa shape index (κ1) is 15.0. The summed E-state index contributed by atoms with van der Waals surface area (Å²) in [4.78, 5) is 11.3. The maximum atomic E-state index is 4.66. The zero-order chi connectivity index (χ0) is 16.2. The van der Waals surface area contributed by atoms with Crippen molar-refractivity contribution >= 4 is 56.6 Å². The van der Waals surface area contributed by atoms with Gasteiger partial charge in [0.05, 0.1) is 0 Å². The molecule has 0 aliphatic rings. The van der Waals surface area contributed by atoms with Gasteiger partial charge in [0.2, 0.25) is 0 Å². The smallest absolute Gasteiger partial charge is 0.155 e. The first-order chi connectivity index (χ1) is 11.9. The third-order valence-electron chi connectivity index (χ3n) is 3.44. The van der Waals surface area contributed by atoms with Gasteiger partial charge < -0.3 is 0 Å². The van der Waals surface area contributed by atoms with Crippen LogP contribution in [0.25, 0.3) is 34.0 Å². The molecule has 0 saturated heterocycles. The highest BCUT2D eigenvalue weighted by molar-refractivity contribution is 7.27. The predicted octanol–water partition coefficient (Wildman–Crippen LogP) is 6.09. The van der Waals surface area contributed by atoms with Crippen molar-refractivity contribution in [1.82, 2.24) is 9.97 Å². The summed E-state index contributed by atoms with van der Waals surface area (Å²) in [5.41, 5.74) is 2.35. The molecule has 0 bridgehead atoms. The molecule has 4 aromatic rings. The second kappa shape index (κ2) is 6.91. The summed E-state index contributed by atoms with van der Waals surface area (Å²) in [5, 5.41) is 1.98. The Balaban J connectivity index is 1.53. The van der Waals surface area contributed by atoms with Crippen molar-refractivity contribution in [3.05, 3.63) is 81.8 Å². The average Bonchev–Trinajstić information content (AvgIpc) is 3.18. The van der Waals surface area contributed by atoms with Crippen LogP contribution in [0.4, 0.5) is 0 Å². The second-order valence-corrected chi connectivity index (χ2v) is 7.22. The number of nitrogens with zero attached hydrogens (tertiary/aromatic N) is 2. The molecule has 0 atom stereocenters. The maximum Gasteiger partial charge on any atom is 0.155 e. The molecule has 0 aliphatic heterocycles. The summed E-state index contributed by atoms with van der Waals surface area (Å²) < 4.78 is 0. The molecule has 4 heteroatoms. The van der Waals surface area contributed by atoms with Crippen LogP contribution in [0, 0.1) is 0 Å². The quantitative estimate of drug-likeness (QED) is 0.446. The number of benzene rings is 2. The van der Waals surface area contributed by atoms with Gasteiger partial charge in [-0.2, -0.15) is 0 Å². The minimum Gasteiger partial charge on any atom is -0.224 e. The molecule has 0 aliphatic carbocycles. The molecule has 0 unspecified atom stereocenters. The Bertz CT molecular complexity index is 885. The molecular weight excluding hydrogens is 332 g/mol. The van der Waals surface area contributed by atoms with Crippen LogP contribution in [0.5, 0.6) is 0 Å². The molecule has 0 fully saturated rings. The van der Waals surface area contributed by atoms with Crippen LogP contribution in [-0.4, -0.2) is 9.97 Å². The molecule has 4 rings (SSSR count). The number of rotatable bonds is 4. The molecule has 0 N–H and O–H groups in total. The van der Waals surface area contributed by atoms with Gasteiger partial charge in [0.15, 0.2) is 9.66 Å². The molecule has 116 valence electrons. The third kappa shape index (κ3) is 3.50. The van der Waals surface area contributed by atoms with Gasteiger partial charge in [-0.25, -0.2) is 9.97 Å². The molecule has 0 saturated carbocycles. The van der Waals surface area contributed by atoms with E-state index in [4.69, 9.17) is 0 Å². The highest BCUT2D eigenvalue weighted by Gasteiger charge is 2.07. The van der Waals surface area contributed by atoms with Gasteiger partial charge >= 0.3 is 0 Å². The van der Waals surface area contributed by atoms with Crippen molar-refractivity contribution in [2.24, 2.45) is 0 Å². The van der Waals surface area contributed by atoms with Crippen molar-refractivity contribution in [1.29, 1.82) is 0 Å². The third-order valence-corrected chi connectivity index (χ3v) is 5.40. The van der Waals surface area contributed by atoms with E-state index in [1.807, 2.05) is 48.6 Å². The van der Waals surface area contributed by atoms with E-state index in [1.165, 1.54) is 11.1 Å². The van der Waals surface area contributed by atoms with Crippen molar-refractivity contribution in [3.8, 4) is 0 Å². The highest BCUT2D eigenvalue weighted by Crippen LogP contribution is 2.29. The zero-order valence-corrected chi connectivity index (χ0v) is 14.4. The van der Waals surface area contributed by atoms with Crippen molar-refractivity contribution in [2.75, 3.05) is 0 Å². The molecule has 0 radical (unpaired) electrons. The van der Waals surface area contributed by atoms with E-state index in [0.717, 1.165) is 19.7 Å². The van der Waals surface area contributed by atoms with Crippen LogP contribution in [0.1, 0.15) is 21.1 Å². The molecular formula is C20H14N2S2. The average molecular weight is 346 g/mol. The number of hydrogen-bond donors (Lipinski definition) is 0. The summed E-state index contributed by atoms with van der Waals surface area (Å²) in [6.45, 7) is 0. The highest BCUT2D eigenvalue weighted by atomic mass is 32.1. The van der Waals surface area contributed by atoms with E-state index in [-0.39, 0.29) is 0 Å². The van der Waals surface area contributed by atoms with E-state index >= 15 is 0 Å². The van der Waals surface area contributed by atoms with Gasteiger partial charge in [0.1, 0.15) is 10.0 Å². The largest absolute Gasteiger partial charge is 0.224 e. The first-order valence-electron chi connectivity index (χ1n) is 7.60. The van der Waals surface area contributed by atoms with E-state index in [9.17, 15) is 0 Å². The standard InChI is InChI=1S/C20H14N2S2/c1-3-7-15(8-4-1)11-13-17-21-19-20(23-17)22-18(24-19)14-12-16-9-5-2-6-10-16/h1-14H/b13-11+,14-12+. The van der Waals surface area contributed by atoms with Crippen molar-refractivity contribution < 1.29 is 0 Å². The van der Waals surface area contributed by atoms with E-state index in [1.54, 1.807) is 22.7 Å². The Morgan fingerprint density at radius 3 is 1.38 bits per heavy atom. The Labute approximate surface area is 148 Å². The number of aromatic nitrogens is 2. The number of thiazole rings is 2. The Morgan fingerprint density at radius 2 is 0.958 bits per heavy atom.